The molecule has 2 aromatic rings. The van der Waals surface area contributed by atoms with Gasteiger partial charge in [-0.2, -0.15) is 0 Å². The predicted molar refractivity (Wildman–Crippen MR) is 141 cm³/mol. The first-order valence-electron chi connectivity index (χ1n) is 10.3. The van der Waals surface area contributed by atoms with Gasteiger partial charge in [-0.3, -0.25) is 0 Å². The van der Waals surface area contributed by atoms with E-state index in [0.29, 0.717) is 0 Å². The van der Waals surface area contributed by atoms with E-state index in [0.717, 1.165) is 22.6 Å². The molecule has 0 saturated carbocycles. The summed E-state index contributed by atoms with van der Waals surface area (Å²) in [5.41, 5.74) is 3.31. The molecule has 0 N–H and O–H groups in total. The van der Waals surface area contributed by atoms with Gasteiger partial charge >= 0.3 is 35.0 Å². The van der Waals surface area contributed by atoms with Crippen LogP contribution in [0.5, 0.6) is 0 Å². The minimum Gasteiger partial charge on any atom is 0 e. The first-order chi connectivity index (χ1) is 13.7. The first kappa shape index (κ1) is 33.2. The van der Waals surface area contributed by atoms with Crippen molar-refractivity contribution in [2.45, 2.75) is 78.0 Å². The second kappa shape index (κ2) is 19.5. The monoisotopic (exact) mass is 622 g/mol. The second-order valence-corrected chi connectivity index (χ2v) is 18.3. The van der Waals surface area contributed by atoms with Crippen molar-refractivity contribution in [1.82, 2.24) is 0 Å². The summed E-state index contributed by atoms with van der Waals surface area (Å²) in [6.07, 6.45) is 0. The molecular formula is C24H40Cl2FeP2Pd+2. The number of halogens is 2. The van der Waals surface area contributed by atoms with Crippen LogP contribution in [0.2, 0.25) is 0 Å². The molecule has 176 valence electrons. The molecule has 2 rings (SSSR count). The van der Waals surface area contributed by atoms with Gasteiger partial charge in [0.1, 0.15) is 0 Å². The molecule has 0 fully saturated rings. The molecule has 0 saturated heterocycles. The van der Waals surface area contributed by atoms with Gasteiger partial charge in [0.05, 0.1) is 33.2 Å². The molecule has 0 aliphatic heterocycles. The molecule has 0 radical (unpaired) electrons. The summed E-state index contributed by atoms with van der Waals surface area (Å²) in [6.45, 7) is 18.8. The topological polar surface area (TPSA) is 0 Å². The molecular weight excluding hydrogens is 583 g/mol. The van der Waals surface area contributed by atoms with Gasteiger partial charge in [0, 0.05) is 32.9 Å². The number of hydrogen-bond acceptors (Lipinski definition) is 0. The molecule has 0 heterocycles. The quantitative estimate of drug-likeness (QED) is 0.226. The van der Waals surface area contributed by atoms with Crippen molar-refractivity contribution in [3.63, 3.8) is 0 Å². The summed E-state index contributed by atoms with van der Waals surface area (Å²) < 4.78 is 0. The molecule has 0 amide bonds. The Hall–Kier alpha value is 1.06. The van der Waals surface area contributed by atoms with Crippen LogP contribution in [0.3, 0.4) is 0 Å². The van der Waals surface area contributed by atoms with Gasteiger partial charge in [0.15, 0.2) is 0 Å². The van der Waals surface area contributed by atoms with Crippen LogP contribution in [0.25, 0.3) is 0 Å². The van der Waals surface area contributed by atoms with Gasteiger partial charge in [-0.05, 0) is 79.7 Å². The van der Waals surface area contributed by atoms with E-state index in [1.54, 1.807) is 10.6 Å². The Bertz CT molecular complexity index is 554. The van der Waals surface area contributed by atoms with Crippen LogP contribution < -0.4 is 10.6 Å². The molecule has 30 heavy (non-hydrogen) atoms. The van der Waals surface area contributed by atoms with Gasteiger partial charge < -0.3 is 0 Å². The zero-order valence-electron chi connectivity index (χ0n) is 19.5. The van der Waals surface area contributed by atoms with E-state index in [9.17, 15) is 0 Å². The summed E-state index contributed by atoms with van der Waals surface area (Å²) >= 11 is -0.106. The maximum atomic E-state index is 4.81. The van der Waals surface area contributed by atoms with Crippen LogP contribution in [-0.2, 0) is 33.0 Å². The Morgan fingerprint density at radius 3 is 0.900 bits per heavy atom. The summed E-state index contributed by atoms with van der Waals surface area (Å²) in [5, 5.41) is 3.16. The van der Waals surface area contributed by atoms with Crippen LogP contribution in [0.4, 0.5) is 0 Å². The maximum Gasteiger partial charge on any atom is 0 e. The number of rotatable bonds is 6. The van der Waals surface area contributed by atoms with E-state index in [2.05, 4.69) is 116 Å². The standard InChI is InChI=1S/2C12H19P.2ClH.Fe.Pd/c2*1-10(2)13(11(3)4)12-8-6-5-7-9-12;;;;/h2*5-11H,1-4H3;2*1H;;/q;;;;;+2. The summed E-state index contributed by atoms with van der Waals surface area (Å²) in [6, 6.07) is 22.0. The zero-order valence-corrected chi connectivity index (χ0v) is 25.7. The van der Waals surface area contributed by atoms with Crippen LogP contribution in [0.15, 0.2) is 60.7 Å². The van der Waals surface area contributed by atoms with Gasteiger partial charge in [-0.15, -0.1) is 0 Å². The normalized spacial score (nSPS) is 10.8. The van der Waals surface area contributed by atoms with Crippen LogP contribution in [-0.4, -0.2) is 22.6 Å². The smallest absolute Gasteiger partial charge is 0 e. The first-order valence-corrected chi connectivity index (χ1v) is 17.6. The Morgan fingerprint density at radius 2 is 0.733 bits per heavy atom. The SMILES string of the molecule is CC(C)[PH+](c1ccccc1)C(C)C.CC(C)[PH+](c1ccccc1)C(C)C.[Cl][Pd][Cl].[Fe]. The van der Waals surface area contributed by atoms with Crippen LogP contribution in [0, 0.1) is 0 Å². The third kappa shape index (κ3) is 13.6. The minimum absolute atomic E-state index is 0. The fraction of sp³-hybridized carbons (Fsp3) is 0.500. The molecule has 0 atom stereocenters. The third-order valence-corrected chi connectivity index (χ3v) is 11.7. The van der Waals surface area contributed by atoms with Crippen molar-refractivity contribution in [2.75, 3.05) is 0 Å². The summed E-state index contributed by atoms with van der Waals surface area (Å²) in [5.74, 6) is 0. The summed E-state index contributed by atoms with van der Waals surface area (Å²) in [4.78, 5) is 0. The summed E-state index contributed by atoms with van der Waals surface area (Å²) in [7, 11) is 8.92. The third-order valence-electron chi connectivity index (χ3n) is 4.70. The van der Waals surface area contributed by atoms with Crippen molar-refractivity contribution in [3.8, 4) is 0 Å². The van der Waals surface area contributed by atoms with Crippen molar-refractivity contribution in [2.24, 2.45) is 0 Å². The van der Waals surface area contributed by atoms with Gasteiger partial charge in [0.2, 0.25) is 0 Å². The Morgan fingerprint density at radius 1 is 0.533 bits per heavy atom. The Labute approximate surface area is 215 Å². The van der Waals surface area contributed by atoms with Crippen LogP contribution >= 0.6 is 34.9 Å². The molecule has 2 aromatic carbocycles. The van der Waals surface area contributed by atoms with Gasteiger partial charge in [-0.1, -0.05) is 36.4 Å². The average molecular weight is 624 g/mol. The average Bonchev–Trinajstić information content (AvgIpc) is 2.63. The largest absolute Gasteiger partial charge is 0 e. The molecule has 6 heteroatoms. The molecule has 0 spiro atoms. The van der Waals surface area contributed by atoms with Gasteiger partial charge in [-0.25, -0.2) is 0 Å². The van der Waals surface area contributed by atoms with Crippen molar-refractivity contribution in [3.05, 3.63) is 60.7 Å². The molecule has 0 aliphatic rings. The van der Waals surface area contributed by atoms with E-state index in [1.807, 2.05) is 0 Å². The van der Waals surface area contributed by atoms with Crippen LogP contribution in [0.1, 0.15) is 55.4 Å². The Kier molecular flexibility index (Phi) is 21.6. The Balaban J connectivity index is 0. The maximum absolute atomic E-state index is 4.81. The van der Waals surface area contributed by atoms with E-state index >= 15 is 0 Å². The molecule has 0 nitrogen and oxygen atoms in total. The van der Waals surface area contributed by atoms with E-state index < -0.39 is 0 Å². The van der Waals surface area contributed by atoms with E-state index in [-0.39, 0.29) is 48.9 Å². The molecule has 0 unspecified atom stereocenters. The number of hydrogen-bond donors (Lipinski definition) is 0. The van der Waals surface area contributed by atoms with Gasteiger partial charge in [0.25, 0.3) is 0 Å². The number of benzene rings is 2. The van der Waals surface area contributed by atoms with Crippen molar-refractivity contribution < 1.29 is 33.0 Å². The second-order valence-electron chi connectivity index (χ2n) is 8.31. The molecule has 0 aliphatic carbocycles. The molecule has 0 bridgehead atoms. The van der Waals surface area contributed by atoms with Crippen molar-refractivity contribution in [1.29, 1.82) is 0 Å². The zero-order chi connectivity index (χ0) is 22.4. The fourth-order valence-corrected chi connectivity index (χ4v) is 10.4. The predicted octanol–water partition coefficient (Wildman–Crippen LogP) is 8.06. The van der Waals surface area contributed by atoms with Crippen molar-refractivity contribution >= 4 is 45.5 Å². The fourth-order valence-electron chi connectivity index (χ4n) is 3.93. The van der Waals surface area contributed by atoms with E-state index in [4.69, 9.17) is 19.1 Å². The van der Waals surface area contributed by atoms with E-state index in [1.165, 1.54) is 0 Å². The molecule has 0 aromatic heterocycles. The minimum atomic E-state index is -0.356.